The largest absolute Gasteiger partial charge is 0.480 e. The summed E-state index contributed by atoms with van der Waals surface area (Å²) in [5.74, 6) is -1.78. The Kier molecular flexibility index (Phi) is 6.78. The van der Waals surface area contributed by atoms with E-state index in [9.17, 15) is 14.4 Å². The van der Waals surface area contributed by atoms with E-state index in [1.54, 1.807) is 0 Å². The maximum atomic E-state index is 11.5. The number of primary amides is 1. The Balaban J connectivity index is 2.12. The van der Waals surface area contributed by atoms with Gasteiger partial charge in [-0.15, -0.1) is 0 Å². The second kappa shape index (κ2) is 8.36. The fourth-order valence-corrected chi connectivity index (χ4v) is 1.64. The average Bonchev–Trinajstić information content (AvgIpc) is 3.17. The summed E-state index contributed by atoms with van der Waals surface area (Å²) >= 11 is 0. The molecule has 0 bridgehead atoms. The van der Waals surface area contributed by atoms with Gasteiger partial charge in [-0.2, -0.15) is 0 Å². The molecular weight excluding hydrogens is 264 g/mol. The SMILES string of the molecule is NC(=O)CC[C@@H](NC(=O)NCCCNC1CC1)C(=O)O. The summed E-state index contributed by atoms with van der Waals surface area (Å²) in [5.41, 5.74) is 4.95. The van der Waals surface area contributed by atoms with Crippen LogP contribution in [0.3, 0.4) is 0 Å². The maximum Gasteiger partial charge on any atom is 0.326 e. The van der Waals surface area contributed by atoms with Gasteiger partial charge in [0.15, 0.2) is 0 Å². The molecule has 0 aliphatic heterocycles. The van der Waals surface area contributed by atoms with Crippen LogP contribution in [0.4, 0.5) is 4.79 Å². The van der Waals surface area contributed by atoms with Crippen LogP contribution in [0.15, 0.2) is 0 Å². The van der Waals surface area contributed by atoms with Gasteiger partial charge in [0.1, 0.15) is 6.04 Å². The van der Waals surface area contributed by atoms with Crippen LogP contribution in [0.25, 0.3) is 0 Å². The molecule has 8 nitrogen and oxygen atoms in total. The Morgan fingerprint density at radius 2 is 1.95 bits per heavy atom. The van der Waals surface area contributed by atoms with Crippen LogP contribution in [-0.2, 0) is 9.59 Å². The normalized spacial score (nSPS) is 15.4. The highest BCUT2D eigenvalue weighted by Gasteiger charge is 2.21. The number of rotatable bonds is 10. The molecule has 0 saturated heterocycles. The average molecular weight is 286 g/mol. The van der Waals surface area contributed by atoms with Gasteiger partial charge in [0.2, 0.25) is 5.91 Å². The van der Waals surface area contributed by atoms with Crippen molar-refractivity contribution in [1.29, 1.82) is 0 Å². The van der Waals surface area contributed by atoms with Crippen LogP contribution < -0.4 is 21.7 Å². The summed E-state index contributed by atoms with van der Waals surface area (Å²) in [6, 6.07) is -1.02. The number of nitrogens with one attached hydrogen (secondary N) is 3. The number of nitrogens with two attached hydrogens (primary N) is 1. The number of carboxylic acids is 1. The number of carbonyl (C=O) groups is 3. The lowest BCUT2D eigenvalue weighted by molar-refractivity contribution is -0.139. The van der Waals surface area contributed by atoms with Crippen LogP contribution in [0.1, 0.15) is 32.1 Å². The second-order valence-corrected chi connectivity index (χ2v) is 4.88. The highest BCUT2D eigenvalue weighted by molar-refractivity contribution is 5.83. The topological polar surface area (TPSA) is 134 Å². The van der Waals surface area contributed by atoms with Crippen molar-refractivity contribution < 1.29 is 19.5 Å². The number of hydrogen-bond donors (Lipinski definition) is 5. The van der Waals surface area contributed by atoms with E-state index in [1.807, 2.05) is 0 Å². The molecule has 0 heterocycles. The quantitative estimate of drug-likeness (QED) is 0.333. The third-order valence-corrected chi connectivity index (χ3v) is 2.93. The van der Waals surface area contributed by atoms with Gasteiger partial charge >= 0.3 is 12.0 Å². The van der Waals surface area contributed by atoms with E-state index in [-0.39, 0.29) is 12.8 Å². The van der Waals surface area contributed by atoms with Gasteiger partial charge in [-0.1, -0.05) is 0 Å². The Morgan fingerprint density at radius 1 is 1.25 bits per heavy atom. The van der Waals surface area contributed by atoms with Gasteiger partial charge in [-0.3, -0.25) is 4.79 Å². The summed E-state index contributed by atoms with van der Waals surface area (Å²) in [6.07, 6.45) is 3.12. The molecular formula is C12H22N4O4. The zero-order valence-corrected chi connectivity index (χ0v) is 11.4. The van der Waals surface area contributed by atoms with Crippen LogP contribution in [0.2, 0.25) is 0 Å². The third kappa shape index (κ3) is 7.57. The fourth-order valence-electron chi connectivity index (χ4n) is 1.64. The lowest BCUT2D eigenvalue weighted by Gasteiger charge is -2.14. The molecule has 1 atom stereocenters. The van der Waals surface area contributed by atoms with Crippen LogP contribution in [0.5, 0.6) is 0 Å². The molecule has 1 aliphatic rings. The standard InChI is InChI=1S/C12H22N4O4/c13-10(17)5-4-9(11(18)19)16-12(20)15-7-1-6-14-8-2-3-8/h8-9,14H,1-7H2,(H2,13,17)(H,18,19)(H2,15,16,20)/t9-/m1/s1. The molecule has 0 aromatic carbocycles. The Bertz CT molecular complexity index is 357. The Labute approximate surface area is 117 Å². The van der Waals surface area contributed by atoms with Crippen molar-refractivity contribution in [3.63, 3.8) is 0 Å². The van der Waals surface area contributed by atoms with E-state index < -0.39 is 23.9 Å². The molecule has 8 heteroatoms. The van der Waals surface area contributed by atoms with E-state index in [4.69, 9.17) is 10.8 Å². The molecule has 0 aromatic rings. The molecule has 0 spiro atoms. The summed E-state index contributed by atoms with van der Waals surface area (Å²) < 4.78 is 0. The van der Waals surface area contributed by atoms with Gasteiger partial charge < -0.3 is 26.8 Å². The highest BCUT2D eigenvalue weighted by Crippen LogP contribution is 2.18. The molecule has 1 saturated carbocycles. The van der Waals surface area contributed by atoms with Gasteiger partial charge in [0.25, 0.3) is 0 Å². The second-order valence-electron chi connectivity index (χ2n) is 4.88. The molecule has 6 N–H and O–H groups in total. The first-order valence-corrected chi connectivity index (χ1v) is 6.78. The third-order valence-electron chi connectivity index (χ3n) is 2.93. The minimum Gasteiger partial charge on any atom is -0.480 e. The minimum absolute atomic E-state index is 0.0126. The van der Waals surface area contributed by atoms with Crippen molar-refractivity contribution in [1.82, 2.24) is 16.0 Å². The first kappa shape index (κ1) is 16.2. The summed E-state index contributed by atoms with van der Waals surface area (Å²) in [5, 5.41) is 17.1. The van der Waals surface area contributed by atoms with E-state index in [1.165, 1.54) is 12.8 Å². The molecule has 0 aromatic heterocycles. The van der Waals surface area contributed by atoms with Crippen molar-refractivity contribution in [3.05, 3.63) is 0 Å². The van der Waals surface area contributed by atoms with Gasteiger partial charge in [0.05, 0.1) is 0 Å². The number of carbonyl (C=O) groups excluding carboxylic acids is 2. The summed E-state index contributed by atoms with van der Waals surface area (Å²) in [4.78, 5) is 33.0. The van der Waals surface area contributed by atoms with E-state index in [0.29, 0.717) is 12.6 Å². The zero-order chi connectivity index (χ0) is 15.0. The number of amides is 3. The molecule has 1 aliphatic carbocycles. The predicted molar refractivity (Wildman–Crippen MR) is 72.0 cm³/mol. The lowest BCUT2D eigenvalue weighted by atomic mass is 10.1. The van der Waals surface area contributed by atoms with Crippen LogP contribution >= 0.6 is 0 Å². The maximum absolute atomic E-state index is 11.5. The summed E-state index contributed by atoms with van der Waals surface area (Å²) in [7, 11) is 0. The zero-order valence-electron chi connectivity index (χ0n) is 11.4. The predicted octanol–water partition coefficient (Wildman–Crippen LogP) is -0.854. The molecule has 3 amide bonds. The smallest absolute Gasteiger partial charge is 0.326 e. The van der Waals surface area contributed by atoms with Gasteiger partial charge in [0, 0.05) is 19.0 Å². The first-order chi connectivity index (χ1) is 9.49. The van der Waals surface area contributed by atoms with Crippen LogP contribution in [0, 0.1) is 0 Å². The molecule has 0 unspecified atom stereocenters. The fraction of sp³-hybridized carbons (Fsp3) is 0.750. The number of carboxylic acid groups (broad SMARTS) is 1. The van der Waals surface area contributed by atoms with E-state index in [0.717, 1.165) is 13.0 Å². The van der Waals surface area contributed by atoms with Gasteiger partial charge in [-0.05, 0) is 32.2 Å². The number of aliphatic carboxylic acids is 1. The number of hydrogen-bond acceptors (Lipinski definition) is 4. The van der Waals surface area contributed by atoms with Crippen molar-refractivity contribution in [2.45, 2.75) is 44.2 Å². The Morgan fingerprint density at radius 3 is 2.50 bits per heavy atom. The molecule has 20 heavy (non-hydrogen) atoms. The monoisotopic (exact) mass is 286 g/mol. The molecule has 114 valence electrons. The van der Waals surface area contributed by atoms with Gasteiger partial charge in [-0.25, -0.2) is 9.59 Å². The molecule has 1 rings (SSSR count). The van der Waals surface area contributed by atoms with Crippen molar-refractivity contribution in [3.8, 4) is 0 Å². The minimum atomic E-state index is -1.18. The van der Waals surface area contributed by atoms with Crippen molar-refractivity contribution in [2.75, 3.05) is 13.1 Å². The van der Waals surface area contributed by atoms with Crippen LogP contribution in [-0.4, -0.2) is 48.2 Å². The summed E-state index contributed by atoms with van der Waals surface area (Å²) in [6.45, 7) is 1.29. The molecule has 1 fully saturated rings. The van der Waals surface area contributed by atoms with Crippen molar-refractivity contribution >= 4 is 17.9 Å². The van der Waals surface area contributed by atoms with E-state index >= 15 is 0 Å². The van der Waals surface area contributed by atoms with Crippen molar-refractivity contribution in [2.24, 2.45) is 5.73 Å². The first-order valence-electron chi connectivity index (χ1n) is 6.78. The highest BCUT2D eigenvalue weighted by atomic mass is 16.4. The number of urea groups is 1. The Hall–Kier alpha value is -1.83. The van der Waals surface area contributed by atoms with E-state index in [2.05, 4.69) is 16.0 Å². The lowest BCUT2D eigenvalue weighted by Crippen LogP contribution is -2.46. The molecule has 0 radical (unpaired) electrons.